The van der Waals surface area contributed by atoms with E-state index in [2.05, 4.69) is 29.5 Å². The van der Waals surface area contributed by atoms with Crippen molar-refractivity contribution in [2.75, 3.05) is 47.1 Å². The molecule has 0 atom stereocenters. The van der Waals surface area contributed by atoms with E-state index in [1.807, 2.05) is 0 Å². The van der Waals surface area contributed by atoms with Crippen molar-refractivity contribution in [2.45, 2.75) is 20.3 Å². The van der Waals surface area contributed by atoms with Crippen molar-refractivity contribution in [1.29, 1.82) is 0 Å². The van der Waals surface area contributed by atoms with Crippen LogP contribution in [-0.2, 0) is 9.47 Å². The van der Waals surface area contributed by atoms with Crippen LogP contribution in [0.4, 0.5) is 0 Å². The number of rotatable bonds is 9. The summed E-state index contributed by atoms with van der Waals surface area (Å²) in [4.78, 5) is 4.12. The molecule has 0 amide bonds. The molecule has 2 N–H and O–H groups in total. The van der Waals surface area contributed by atoms with Gasteiger partial charge in [0.1, 0.15) is 0 Å². The Morgan fingerprint density at radius 3 is 2.39 bits per heavy atom. The van der Waals surface area contributed by atoms with Crippen LogP contribution < -0.4 is 10.6 Å². The molecular weight excluding hydrogens is 345 g/mol. The molecule has 0 fully saturated rings. The summed E-state index contributed by atoms with van der Waals surface area (Å²) in [7, 11) is 3.47. The van der Waals surface area contributed by atoms with Crippen molar-refractivity contribution in [3.8, 4) is 0 Å². The maximum Gasteiger partial charge on any atom is 0.191 e. The molecule has 0 aliphatic carbocycles. The van der Waals surface area contributed by atoms with Crippen molar-refractivity contribution in [3.05, 3.63) is 0 Å². The zero-order valence-corrected chi connectivity index (χ0v) is 14.3. The second kappa shape index (κ2) is 15.0. The first-order chi connectivity index (χ1) is 8.20. The summed E-state index contributed by atoms with van der Waals surface area (Å²) in [5.74, 6) is 1.40. The van der Waals surface area contributed by atoms with E-state index in [1.54, 1.807) is 14.2 Å². The monoisotopic (exact) mass is 373 g/mol. The zero-order valence-electron chi connectivity index (χ0n) is 12.0. The minimum atomic E-state index is 0. The summed E-state index contributed by atoms with van der Waals surface area (Å²) < 4.78 is 10.4. The number of aliphatic imine (C=N–C) groups is 1. The van der Waals surface area contributed by atoms with Crippen LogP contribution in [0.25, 0.3) is 0 Å². The van der Waals surface area contributed by atoms with Gasteiger partial charge in [0.2, 0.25) is 0 Å². The fourth-order valence-corrected chi connectivity index (χ4v) is 1.20. The van der Waals surface area contributed by atoms with Gasteiger partial charge in [0.25, 0.3) is 0 Å². The molecule has 110 valence electrons. The van der Waals surface area contributed by atoms with E-state index < -0.39 is 0 Å². The summed E-state index contributed by atoms with van der Waals surface area (Å²) in [6, 6.07) is 0. The van der Waals surface area contributed by atoms with Crippen LogP contribution in [0.3, 0.4) is 0 Å². The minimum absolute atomic E-state index is 0. The maximum absolute atomic E-state index is 5.47. The van der Waals surface area contributed by atoms with Gasteiger partial charge in [0, 0.05) is 40.5 Å². The molecular formula is C12H28IN3O2. The molecule has 0 aromatic carbocycles. The molecule has 0 spiro atoms. The lowest BCUT2D eigenvalue weighted by Crippen LogP contribution is -2.39. The van der Waals surface area contributed by atoms with Crippen molar-refractivity contribution < 1.29 is 9.47 Å². The van der Waals surface area contributed by atoms with E-state index in [-0.39, 0.29) is 24.0 Å². The highest BCUT2D eigenvalue weighted by atomic mass is 127. The minimum Gasteiger partial charge on any atom is -0.385 e. The SMILES string of the molecule is CN=C(NCCCOC)NCCOCC(C)C.I. The maximum atomic E-state index is 5.47. The fourth-order valence-electron chi connectivity index (χ4n) is 1.20. The second-order valence-electron chi connectivity index (χ2n) is 4.24. The first-order valence-corrected chi connectivity index (χ1v) is 6.22. The van der Waals surface area contributed by atoms with Crippen LogP contribution in [-0.4, -0.2) is 53.0 Å². The van der Waals surface area contributed by atoms with Gasteiger partial charge in [-0.1, -0.05) is 13.8 Å². The fraction of sp³-hybridized carbons (Fsp3) is 0.917. The predicted octanol–water partition coefficient (Wildman–Crippen LogP) is 1.48. The highest BCUT2D eigenvalue weighted by molar-refractivity contribution is 14.0. The van der Waals surface area contributed by atoms with Gasteiger partial charge < -0.3 is 20.1 Å². The Balaban J connectivity index is 0. The van der Waals surface area contributed by atoms with Crippen LogP contribution in [0.2, 0.25) is 0 Å². The number of nitrogens with one attached hydrogen (secondary N) is 2. The summed E-state index contributed by atoms with van der Waals surface area (Å²) >= 11 is 0. The lowest BCUT2D eigenvalue weighted by Gasteiger charge is -2.12. The van der Waals surface area contributed by atoms with E-state index in [0.29, 0.717) is 12.5 Å². The molecule has 0 saturated heterocycles. The molecule has 0 aromatic rings. The number of ether oxygens (including phenoxy) is 2. The van der Waals surface area contributed by atoms with Crippen LogP contribution in [0.1, 0.15) is 20.3 Å². The van der Waals surface area contributed by atoms with Gasteiger partial charge in [-0.3, -0.25) is 4.99 Å². The summed E-state index contributed by atoms with van der Waals surface area (Å²) in [6.45, 7) is 8.20. The van der Waals surface area contributed by atoms with Crippen LogP contribution in [0, 0.1) is 5.92 Å². The number of nitrogens with zero attached hydrogens (tertiary/aromatic N) is 1. The van der Waals surface area contributed by atoms with Crippen LogP contribution in [0.15, 0.2) is 4.99 Å². The Morgan fingerprint density at radius 1 is 1.17 bits per heavy atom. The molecule has 0 aliphatic heterocycles. The topological polar surface area (TPSA) is 54.9 Å². The van der Waals surface area contributed by atoms with Crippen LogP contribution in [0.5, 0.6) is 0 Å². The van der Waals surface area contributed by atoms with Gasteiger partial charge in [-0.2, -0.15) is 0 Å². The molecule has 0 rings (SSSR count). The van der Waals surface area contributed by atoms with Crippen molar-refractivity contribution in [2.24, 2.45) is 10.9 Å². The predicted molar refractivity (Wildman–Crippen MR) is 86.9 cm³/mol. The highest BCUT2D eigenvalue weighted by Gasteiger charge is 1.97. The third-order valence-corrected chi connectivity index (χ3v) is 2.03. The number of hydrogen-bond donors (Lipinski definition) is 2. The smallest absolute Gasteiger partial charge is 0.191 e. The lowest BCUT2D eigenvalue weighted by molar-refractivity contribution is 0.114. The normalized spacial score (nSPS) is 11.3. The first-order valence-electron chi connectivity index (χ1n) is 6.22. The third kappa shape index (κ3) is 14.0. The quantitative estimate of drug-likeness (QED) is 0.278. The summed E-state index contributed by atoms with van der Waals surface area (Å²) in [6.07, 6.45) is 0.973. The largest absolute Gasteiger partial charge is 0.385 e. The van der Waals surface area contributed by atoms with Gasteiger partial charge >= 0.3 is 0 Å². The first kappa shape index (κ1) is 20.2. The Labute approximate surface area is 128 Å². The van der Waals surface area contributed by atoms with E-state index in [0.717, 1.165) is 38.7 Å². The van der Waals surface area contributed by atoms with Crippen molar-refractivity contribution in [3.63, 3.8) is 0 Å². The summed E-state index contributed by atoms with van der Waals surface area (Å²) in [5, 5.41) is 6.40. The van der Waals surface area contributed by atoms with Gasteiger partial charge in [0.15, 0.2) is 5.96 Å². The highest BCUT2D eigenvalue weighted by Crippen LogP contribution is 1.90. The average molecular weight is 373 g/mol. The Kier molecular flexibility index (Phi) is 16.8. The Morgan fingerprint density at radius 2 is 1.83 bits per heavy atom. The standard InChI is InChI=1S/C12H27N3O2.HI/c1-11(2)10-17-9-7-15-12(13-3)14-6-5-8-16-4;/h11H,5-10H2,1-4H3,(H2,13,14,15);1H. The number of halogens is 1. The van der Waals surface area contributed by atoms with E-state index in [1.165, 1.54) is 0 Å². The molecule has 0 unspecified atom stereocenters. The van der Waals surface area contributed by atoms with Crippen LogP contribution >= 0.6 is 24.0 Å². The van der Waals surface area contributed by atoms with E-state index in [9.17, 15) is 0 Å². The molecule has 0 bridgehead atoms. The van der Waals surface area contributed by atoms with Gasteiger partial charge in [-0.05, 0) is 12.3 Å². The van der Waals surface area contributed by atoms with E-state index in [4.69, 9.17) is 9.47 Å². The van der Waals surface area contributed by atoms with Crippen molar-refractivity contribution in [1.82, 2.24) is 10.6 Å². The van der Waals surface area contributed by atoms with E-state index >= 15 is 0 Å². The van der Waals surface area contributed by atoms with Gasteiger partial charge in [-0.15, -0.1) is 24.0 Å². The van der Waals surface area contributed by atoms with Crippen molar-refractivity contribution >= 4 is 29.9 Å². The molecule has 6 heteroatoms. The lowest BCUT2D eigenvalue weighted by atomic mass is 10.2. The molecule has 18 heavy (non-hydrogen) atoms. The zero-order chi connectivity index (χ0) is 12.9. The van der Waals surface area contributed by atoms with Gasteiger partial charge in [0.05, 0.1) is 6.61 Å². The molecule has 0 radical (unpaired) electrons. The Hall–Kier alpha value is -0.0800. The molecule has 0 aromatic heterocycles. The third-order valence-electron chi connectivity index (χ3n) is 2.03. The molecule has 0 saturated carbocycles. The number of methoxy groups -OCH3 is 1. The average Bonchev–Trinajstić information content (AvgIpc) is 2.31. The van der Waals surface area contributed by atoms with Gasteiger partial charge in [-0.25, -0.2) is 0 Å². The summed E-state index contributed by atoms with van der Waals surface area (Å²) in [5.41, 5.74) is 0. The Bertz CT molecular complexity index is 202. The molecule has 0 heterocycles. The number of hydrogen-bond acceptors (Lipinski definition) is 3. The second-order valence-corrected chi connectivity index (χ2v) is 4.24. The number of guanidine groups is 1. The molecule has 0 aliphatic rings. The molecule has 5 nitrogen and oxygen atoms in total.